The van der Waals surface area contributed by atoms with Crippen LogP contribution in [0.15, 0.2) is 54.6 Å². The Morgan fingerprint density at radius 3 is 2.27 bits per heavy atom. The standard InChI is InChI=1S/C19H23N3O2S.ClH/c1-14-7-9-16(10-8-14)22-19(24)13-25-12-18(23)21-11-17(20)15-5-3-2-4-6-15;/h2-10,17H,11-13,20H2,1H3,(H,21,23)(H,22,24);1H. The Balaban J connectivity index is 0.00000338. The highest BCUT2D eigenvalue weighted by molar-refractivity contribution is 8.00. The molecule has 2 rings (SSSR count). The fourth-order valence-electron chi connectivity index (χ4n) is 2.16. The van der Waals surface area contributed by atoms with Crippen LogP contribution in [0.1, 0.15) is 17.2 Å². The first-order chi connectivity index (χ1) is 12.0. The van der Waals surface area contributed by atoms with Crippen LogP contribution in [0.4, 0.5) is 5.69 Å². The molecule has 0 spiro atoms. The second-order valence-corrected chi connectivity index (χ2v) is 6.71. The number of hydrogen-bond acceptors (Lipinski definition) is 4. The summed E-state index contributed by atoms with van der Waals surface area (Å²) in [6.07, 6.45) is 0. The maximum atomic E-state index is 11.8. The number of rotatable bonds is 8. The van der Waals surface area contributed by atoms with E-state index in [0.29, 0.717) is 6.54 Å². The molecule has 1 unspecified atom stereocenters. The number of carbonyl (C=O) groups is 2. The van der Waals surface area contributed by atoms with Gasteiger partial charge in [-0.3, -0.25) is 9.59 Å². The lowest BCUT2D eigenvalue weighted by Gasteiger charge is -2.13. The van der Waals surface area contributed by atoms with Crippen molar-refractivity contribution in [3.63, 3.8) is 0 Å². The lowest BCUT2D eigenvalue weighted by Crippen LogP contribution is -2.33. The summed E-state index contributed by atoms with van der Waals surface area (Å²) < 4.78 is 0. The van der Waals surface area contributed by atoms with Gasteiger partial charge in [-0.25, -0.2) is 0 Å². The molecule has 0 aliphatic rings. The zero-order valence-electron chi connectivity index (χ0n) is 14.6. The monoisotopic (exact) mass is 393 g/mol. The average Bonchev–Trinajstić information content (AvgIpc) is 2.62. The third kappa shape index (κ3) is 7.91. The van der Waals surface area contributed by atoms with E-state index < -0.39 is 0 Å². The third-order valence-corrected chi connectivity index (χ3v) is 4.48. The molecule has 2 aromatic rings. The van der Waals surface area contributed by atoms with Gasteiger partial charge in [0.1, 0.15) is 0 Å². The summed E-state index contributed by atoms with van der Waals surface area (Å²) >= 11 is 1.27. The van der Waals surface area contributed by atoms with Crippen molar-refractivity contribution in [1.29, 1.82) is 0 Å². The molecule has 2 amide bonds. The van der Waals surface area contributed by atoms with Crippen molar-refractivity contribution < 1.29 is 9.59 Å². The van der Waals surface area contributed by atoms with Crippen LogP contribution in [-0.4, -0.2) is 29.9 Å². The Labute approximate surface area is 164 Å². The minimum absolute atomic E-state index is 0. The van der Waals surface area contributed by atoms with Gasteiger partial charge in [-0.1, -0.05) is 48.0 Å². The second kappa shape index (κ2) is 11.6. The molecule has 0 bridgehead atoms. The first kappa shape index (κ1) is 22.0. The number of thioether (sulfide) groups is 1. The average molecular weight is 394 g/mol. The highest BCUT2D eigenvalue weighted by Crippen LogP contribution is 2.10. The molecule has 140 valence electrons. The Hall–Kier alpha value is -2.02. The number of anilines is 1. The highest BCUT2D eigenvalue weighted by Gasteiger charge is 2.09. The van der Waals surface area contributed by atoms with E-state index in [4.69, 9.17) is 5.73 Å². The van der Waals surface area contributed by atoms with Gasteiger partial charge >= 0.3 is 0 Å². The number of hydrogen-bond donors (Lipinski definition) is 3. The first-order valence-corrected chi connectivity index (χ1v) is 9.21. The maximum absolute atomic E-state index is 11.8. The molecule has 0 saturated heterocycles. The number of halogens is 1. The SMILES string of the molecule is Cc1ccc(NC(=O)CSCC(=O)NCC(N)c2ccccc2)cc1.Cl. The largest absolute Gasteiger partial charge is 0.353 e. The van der Waals surface area contributed by atoms with Crippen molar-refractivity contribution >= 4 is 41.7 Å². The quantitative estimate of drug-likeness (QED) is 0.643. The summed E-state index contributed by atoms with van der Waals surface area (Å²) in [4.78, 5) is 23.7. The molecule has 0 aliphatic carbocycles. The van der Waals surface area contributed by atoms with E-state index in [9.17, 15) is 9.59 Å². The second-order valence-electron chi connectivity index (χ2n) is 5.73. The number of carbonyl (C=O) groups excluding carboxylic acids is 2. The van der Waals surface area contributed by atoms with Gasteiger partial charge in [-0.15, -0.1) is 24.2 Å². The summed E-state index contributed by atoms with van der Waals surface area (Å²) in [5.41, 5.74) is 8.91. The summed E-state index contributed by atoms with van der Waals surface area (Å²) in [5, 5.41) is 5.60. The molecular formula is C19H24ClN3O2S. The smallest absolute Gasteiger partial charge is 0.234 e. The Kier molecular flexibility index (Phi) is 9.80. The molecule has 2 aromatic carbocycles. The summed E-state index contributed by atoms with van der Waals surface area (Å²) in [5.74, 6) is 0.205. The molecule has 5 nitrogen and oxygen atoms in total. The van der Waals surface area contributed by atoms with Gasteiger partial charge in [0.15, 0.2) is 0 Å². The zero-order chi connectivity index (χ0) is 18.1. The van der Waals surface area contributed by atoms with Gasteiger partial charge in [0.2, 0.25) is 11.8 Å². The first-order valence-electron chi connectivity index (χ1n) is 8.06. The van der Waals surface area contributed by atoms with Crippen LogP contribution < -0.4 is 16.4 Å². The molecule has 7 heteroatoms. The van der Waals surface area contributed by atoms with Crippen LogP contribution in [0.25, 0.3) is 0 Å². The normalized spacial score (nSPS) is 11.2. The van der Waals surface area contributed by atoms with Crippen LogP contribution in [0.5, 0.6) is 0 Å². The summed E-state index contributed by atoms with van der Waals surface area (Å²) in [6, 6.07) is 17.0. The van der Waals surface area contributed by atoms with Crippen LogP contribution in [0, 0.1) is 6.92 Å². The van der Waals surface area contributed by atoms with Gasteiger partial charge in [0.25, 0.3) is 0 Å². The lowest BCUT2D eigenvalue weighted by molar-refractivity contribution is -0.118. The fraction of sp³-hybridized carbons (Fsp3) is 0.263. The molecule has 26 heavy (non-hydrogen) atoms. The lowest BCUT2D eigenvalue weighted by atomic mass is 10.1. The minimum Gasteiger partial charge on any atom is -0.353 e. The summed E-state index contributed by atoms with van der Waals surface area (Å²) in [7, 11) is 0. The van der Waals surface area contributed by atoms with Gasteiger partial charge in [0, 0.05) is 18.3 Å². The van der Waals surface area contributed by atoms with Gasteiger partial charge in [0.05, 0.1) is 11.5 Å². The van der Waals surface area contributed by atoms with Crippen molar-refractivity contribution in [2.75, 3.05) is 23.4 Å². The maximum Gasteiger partial charge on any atom is 0.234 e. The number of benzene rings is 2. The summed E-state index contributed by atoms with van der Waals surface area (Å²) in [6.45, 7) is 2.36. The Morgan fingerprint density at radius 2 is 1.62 bits per heavy atom. The predicted octanol–water partition coefficient (Wildman–Crippen LogP) is 2.90. The Bertz CT molecular complexity index is 696. The fourth-order valence-corrected chi connectivity index (χ4v) is 2.81. The number of nitrogens with one attached hydrogen (secondary N) is 2. The zero-order valence-corrected chi connectivity index (χ0v) is 16.2. The van der Waals surface area contributed by atoms with Crippen molar-refractivity contribution in [3.05, 3.63) is 65.7 Å². The molecule has 0 saturated carbocycles. The van der Waals surface area contributed by atoms with Crippen LogP contribution >= 0.6 is 24.2 Å². The molecule has 0 aliphatic heterocycles. The highest BCUT2D eigenvalue weighted by atomic mass is 35.5. The van der Waals surface area contributed by atoms with E-state index in [1.54, 1.807) is 0 Å². The molecular weight excluding hydrogens is 370 g/mol. The van der Waals surface area contributed by atoms with E-state index >= 15 is 0 Å². The van der Waals surface area contributed by atoms with Crippen molar-refractivity contribution in [2.45, 2.75) is 13.0 Å². The number of aryl methyl sites for hydroxylation is 1. The van der Waals surface area contributed by atoms with E-state index in [1.807, 2.05) is 61.5 Å². The third-order valence-electron chi connectivity index (χ3n) is 3.55. The van der Waals surface area contributed by atoms with E-state index in [2.05, 4.69) is 10.6 Å². The van der Waals surface area contributed by atoms with Gasteiger partial charge in [-0.05, 0) is 24.6 Å². The van der Waals surface area contributed by atoms with Crippen LogP contribution in [-0.2, 0) is 9.59 Å². The van der Waals surface area contributed by atoms with Gasteiger partial charge in [-0.2, -0.15) is 0 Å². The predicted molar refractivity (Wildman–Crippen MR) is 111 cm³/mol. The van der Waals surface area contributed by atoms with Crippen molar-refractivity contribution in [2.24, 2.45) is 5.73 Å². The Morgan fingerprint density at radius 1 is 1.00 bits per heavy atom. The van der Waals surface area contributed by atoms with Crippen LogP contribution in [0.3, 0.4) is 0 Å². The molecule has 4 N–H and O–H groups in total. The number of nitrogens with two attached hydrogens (primary N) is 1. The molecule has 0 fully saturated rings. The molecule has 0 aromatic heterocycles. The molecule has 0 radical (unpaired) electrons. The van der Waals surface area contributed by atoms with Crippen LogP contribution in [0.2, 0.25) is 0 Å². The van der Waals surface area contributed by atoms with E-state index in [0.717, 1.165) is 16.8 Å². The molecule has 0 heterocycles. The number of amides is 2. The topological polar surface area (TPSA) is 84.2 Å². The van der Waals surface area contributed by atoms with E-state index in [1.165, 1.54) is 11.8 Å². The van der Waals surface area contributed by atoms with Gasteiger partial charge < -0.3 is 16.4 Å². The minimum atomic E-state index is -0.236. The van der Waals surface area contributed by atoms with E-state index in [-0.39, 0.29) is 41.8 Å². The molecule has 1 atom stereocenters. The van der Waals surface area contributed by atoms with Crippen molar-refractivity contribution in [3.8, 4) is 0 Å². The van der Waals surface area contributed by atoms with Crippen molar-refractivity contribution in [1.82, 2.24) is 5.32 Å².